The third-order valence-corrected chi connectivity index (χ3v) is 5.68. The number of hydrogen-bond donors (Lipinski definition) is 0. The molecule has 1 atom stereocenters. The zero-order valence-corrected chi connectivity index (χ0v) is 17.4. The summed E-state index contributed by atoms with van der Waals surface area (Å²) in [6.45, 7) is 0.369. The Morgan fingerprint density at radius 2 is 1.68 bits per heavy atom. The van der Waals surface area contributed by atoms with Crippen LogP contribution in [0, 0.1) is 11.3 Å². The van der Waals surface area contributed by atoms with Crippen molar-refractivity contribution < 1.29 is 14.3 Å². The van der Waals surface area contributed by atoms with Crippen molar-refractivity contribution in [2.75, 3.05) is 0 Å². The van der Waals surface area contributed by atoms with Crippen LogP contribution in [0.4, 0.5) is 0 Å². The highest BCUT2D eigenvalue weighted by Gasteiger charge is 2.36. The summed E-state index contributed by atoms with van der Waals surface area (Å²) in [5.74, 6) is -0.778. The molecule has 0 aromatic heterocycles. The van der Waals surface area contributed by atoms with Crippen molar-refractivity contribution in [3.63, 3.8) is 0 Å². The number of carbonyl (C=O) groups is 2. The lowest BCUT2D eigenvalue weighted by molar-refractivity contribution is -0.151. The minimum absolute atomic E-state index is 0.0663. The molecule has 3 aromatic rings. The second kappa shape index (κ2) is 9.03. The average Bonchev–Trinajstić information content (AvgIpc) is 2.82. The molecule has 4 rings (SSSR count). The number of ether oxygens (including phenoxy) is 1. The third-order valence-electron chi connectivity index (χ3n) is 5.35. The smallest absolute Gasteiger partial charge is 0.329 e. The first-order valence-corrected chi connectivity index (χ1v) is 10.2. The van der Waals surface area contributed by atoms with E-state index < -0.39 is 12.0 Å². The molecule has 1 aliphatic heterocycles. The fourth-order valence-electron chi connectivity index (χ4n) is 3.66. The van der Waals surface area contributed by atoms with E-state index in [-0.39, 0.29) is 12.5 Å². The summed E-state index contributed by atoms with van der Waals surface area (Å²) < 4.78 is 5.55. The molecule has 3 aromatic carbocycles. The predicted octanol–water partition coefficient (Wildman–Crippen LogP) is 4.52. The maximum Gasteiger partial charge on any atom is 0.329 e. The molecule has 31 heavy (non-hydrogen) atoms. The molecule has 6 heteroatoms. The van der Waals surface area contributed by atoms with Gasteiger partial charge in [0.1, 0.15) is 12.6 Å². The molecule has 0 fully saturated rings. The van der Waals surface area contributed by atoms with Crippen LogP contribution < -0.4 is 0 Å². The van der Waals surface area contributed by atoms with Gasteiger partial charge in [0.15, 0.2) is 0 Å². The topological polar surface area (TPSA) is 70.4 Å². The number of esters is 1. The van der Waals surface area contributed by atoms with Gasteiger partial charge in [-0.15, -0.1) is 0 Å². The lowest BCUT2D eigenvalue weighted by Gasteiger charge is -2.35. The molecule has 0 saturated heterocycles. The van der Waals surface area contributed by atoms with Crippen LogP contribution in [0.15, 0.2) is 72.8 Å². The quantitative estimate of drug-likeness (QED) is 0.570. The van der Waals surface area contributed by atoms with E-state index in [9.17, 15) is 9.59 Å². The van der Waals surface area contributed by atoms with Crippen molar-refractivity contribution in [2.24, 2.45) is 0 Å². The highest BCUT2D eigenvalue weighted by molar-refractivity contribution is 6.33. The fourth-order valence-corrected chi connectivity index (χ4v) is 3.88. The standard InChI is InChI=1S/C25H19ClN2O3/c26-22-8-4-3-7-21(22)24(29)28-15-20-6-2-1-5-19(20)13-23(28)25(30)31-16-18-11-9-17(14-27)10-12-18/h1-12,23H,13,15-16H2/t23-/m0/s1. The normalized spacial score (nSPS) is 15.0. The summed E-state index contributed by atoms with van der Waals surface area (Å²) >= 11 is 6.25. The number of nitriles is 1. The average molecular weight is 431 g/mol. The van der Waals surface area contributed by atoms with Crippen LogP contribution in [-0.2, 0) is 29.1 Å². The van der Waals surface area contributed by atoms with Gasteiger partial charge in [0.25, 0.3) is 5.91 Å². The van der Waals surface area contributed by atoms with E-state index in [2.05, 4.69) is 6.07 Å². The summed E-state index contributed by atoms with van der Waals surface area (Å²) in [5.41, 5.74) is 3.68. The summed E-state index contributed by atoms with van der Waals surface area (Å²) in [6, 6.07) is 22.7. The molecule has 0 radical (unpaired) electrons. The Bertz CT molecular complexity index is 1170. The highest BCUT2D eigenvalue weighted by Crippen LogP contribution is 2.28. The van der Waals surface area contributed by atoms with E-state index in [1.54, 1.807) is 48.5 Å². The Balaban J connectivity index is 1.57. The van der Waals surface area contributed by atoms with Crippen molar-refractivity contribution in [2.45, 2.75) is 25.6 Å². The molecule has 0 N–H and O–H groups in total. The van der Waals surface area contributed by atoms with E-state index in [1.807, 2.05) is 24.3 Å². The van der Waals surface area contributed by atoms with E-state index >= 15 is 0 Å². The van der Waals surface area contributed by atoms with Crippen LogP contribution in [0.1, 0.15) is 32.6 Å². The number of carbonyl (C=O) groups excluding carboxylic acids is 2. The molecule has 1 aliphatic rings. The number of nitrogens with zero attached hydrogens (tertiary/aromatic N) is 2. The molecular weight excluding hydrogens is 412 g/mol. The number of rotatable bonds is 4. The minimum atomic E-state index is -0.753. The SMILES string of the molecule is N#Cc1ccc(COC(=O)[C@@H]2Cc3ccccc3CN2C(=O)c2ccccc2Cl)cc1. The van der Waals surface area contributed by atoms with E-state index in [0.717, 1.165) is 16.7 Å². The summed E-state index contributed by atoms with van der Waals surface area (Å²) in [4.78, 5) is 27.9. The zero-order valence-electron chi connectivity index (χ0n) is 16.6. The summed E-state index contributed by atoms with van der Waals surface area (Å²) in [7, 11) is 0. The number of amides is 1. The van der Waals surface area contributed by atoms with Crippen LogP contribution in [-0.4, -0.2) is 22.8 Å². The largest absolute Gasteiger partial charge is 0.459 e. The Morgan fingerprint density at radius 1 is 1.00 bits per heavy atom. The van der Waals surface area contributed by atoms with Crippen LogP contribution in [0.5, 0.6) is 0 Å². The van der Waals surface area contributed by atoms with Gasteiger partial charge in [-0.2, -0.15) is 5.26 Å². The van der Waals surface area contributed by atoms with E-state index in [1.165, 1.54) is 4.90 Å². The van der Waals surface area contributed by atoms with Gasteiger partial charge in [0.2, 0.25) is 0 Å². The maximum absolute atomic E-state index is 13.3. The van der Waals surface area contributed by atoms with Gasteiger partial charge in [0, 0.05) is 13.0 Å². The van der Waals surface area contributed by atoms with Crippen molar-refractivity contribution in [3.8, 4) is 6.07 Å². The van der Waals surface area contributed by atoms with Crippen molar-refractivity contribution in [1.29, 1.82) is 5.26 Å². The second-order valence-electron chi connectivity index (χ2n) is 7.32. The first kappa shape index (κ1) is 20.6. The first-order valence-electron chi connectivity index (χ1n) is 9.85. The van der Waals surface area contributed by atoms with Crippen LogP contribution in [0.25, 0.3) is 0 Å². The Morgan fingerprint density at radius 3 is 2.39 bits per heavy atom. The molecule has 1 amide bonds. The number of benzene rings is 3. The Hall–Kier alpha value is -3.62. The van der Waals surface area contributed by atoms with Crippen molar-refractivity contribution in [3.05, 3.63) is 106 Å². The molecule has 0 spiro atoms. The van der Waals surface area contributed by atoms with Crippen LogP contribution in [0.2, 0.25) is 5.02 Å². The first-order chi connectivity index (χ1) is 15.1. The molecule has 5 nitrogen and oxygen atoms in total. The lowest BCUT2D eigenvalue weighted by Crippen LogP contribution is -2.49. The fraction of sp³-hybridized carbons (Fsp3) is 0.160. The van der Waals surface area contributed by atoms with E-state index in [0.29, 0.717) is 29.1 Å². The lowest BCUT2D eigenvalue weighted by atomic mass is 9.93. The Labute approximate surface area is 185 Å². The second-order valence-corrected chi connectivity index (χ2v) is 7.73. The maximum atomic E-state index is 13.3. The van der Waals surface area contributed by atoms with Gasteiger partial charge < -0.3 is 9.64 Å². The number of hydrogen-bond acceptors (Lipinski definition) is 4. The van der Waals surface area contributed by atoms with Crippen molar-refractivity contribution in [1.82, 2.24) is 4.90 Å². The third kappa shape index (κ3) is 4.45. The van der Waals surface area contributed by atoms with Crippen LogP contribution in [0.3, 0.4) is 0 Å². The van der Waals surface area contributed by atoms with Crippen molar-refractivity contribution >= 4 is 23.5 Å². The molecular formula is C25H19ClN2O3. The Kier molecular flexibility index (Phi) is 6.01. The van der Waals surface area contributed by atoms with Gasteiger partial charge in [-0.05, 0) is 41.0 Å². The van der Waals surface area contributed by atoms with E-state index in [4.69, 9.17) is 21.6 Å². The van der Waals surface area contributed by atoms with Gasteiger partial charge in [-0.25, -0.2) is 4.79 Å². The predicted molar refractivity (Wildman–Crippen MR) is 116 cm³/mol. The van der Waals surface area contributed by atoms with Gasteiger partial charge in [0.05, 0.1) is 22.2 Å². The number of fused-ring (bicyclic) bond motifs is 1. The molecule has 1 heterocycles. The van der Waals surface area contributed by atoms with Gasteiger partial charge in [-0.1, -0.05) is 60.1 Å². The molecule has 0 unspecified atom stereocenters. The highest BCUT2D eigenvalue weighted by atomic mass is 35.5. The minimum Gasteiger partial charge on any atom is -0.459 e. The molecule has 0 saturated carbocycles. The van der Waals surface area contributed by atoms with Gasteiger partial charge in [-0.3, -0.25) is 4.79 Å². The zero-order chi connectivity index (χ0) is 21.8. The van der Waals surface area contributed by atoms with Crippen LogP contribution >= 0.6 is 11.6 Å². The molecule has 0 aliphatic carbocycles. The summed E-state index contributed by atoms with van der Waals surface area (Å²) in [6.07, 6.45) is 0.374. The molecule has 154 valence electrons. The monoisotopic (exact) mass is 430 g/mol. The van der Waals surface area contributed by atoms with Gasteiger partial charge >= 0.3 is 5.97 Å². The summed E-state index contributed by atoms with van der Waals surface area (Å²) in [5, 5.41) is 9.25. The number of halogens is 1. The molecule has 0 bridgehead atoms.